The van der Waals surface area contributed by atoms with Crippen molar-refractivity contribution in [3.05, 3.63) is 39.9 Å². The molecule has 0 aliphatic carbocycles. The van der Waals surface area contributed by atoms with Crippen LogP contribution >= 0.6 is 0 Å². The largest absolute Gasteiger partial charge is 0.394 e. The molecule has 1 N–H and O–H groups in total. The van der Waals surface area contributed by atoms with Crippen molar-refractivity contribution >= 4 is 5.69 Å². The summed E-state index contributed by atoms with van der Waals surface area (Å²) >= 11 is 0. The summed E-state index contributed by atoms with van der Waals surface area (Å²) in [6.07, 6.45) is 0. The van der Waals surface area contributed by atoms with Gasteiger partial charge in [-0.3, -0.25) is 15.0 Å². The number of nitro groups is 1. The number of aliphatic hydroxyl groups excluding tert-OH is 1. The van der Waals surface area contributed by atoms with Gasteiger partial charge in [-0.05, 0) is 7.05 Å². The van der Waals surface area contributed by atoms with Crippen molar-refractivity contribution in [3.63, 3.8) is 0 Å². The average Bonchev–Trinajstić information content (AvgIpc) is 2.35. The van der Waals surface area contributed by atoms with Crippen molar-refractivity contribution in [2.45, 2.75) is 6.54 Å². The Bertz CT molecular complexity index is 384. The van der Waals surface area contributed by atoms with Gasteiger partial charge in [-0.25, -0.2) is 0 Å². The molecule has 1 aromatic carbocycles. The zero-order valence-corrected chi connectivity index (χ0v) is 10.4. The molecule has 0 aliphatic rings. The lowest BCUT2D eigenvalue weighted by molar-refractivity contribution is -0.385. The van der Waals surface area contributed by atoms with E-state index >= 15 is 0 Å². The summed E-state index contributed by atoms with van der Waals surface area (Å²) in [5, 5.41) is 19.4. The minimum Gasteiger partial charge on any atom is -0.394 e. The van der Waals surface area contributed by atoms with Gasteiger partial charge in [0.1, 0.15) is 0 Å². The van der Waals surface area contributed by atoms with E-state index in [9.17, 15) is 10.1 Å². The highest BCUT2D eigenvalue weighted by Gasteiger charge is 2.13. The molecule has 6 nitrogen and oxygen atoms in total. The second-order valence-electron chi connectivity index (χ2n) is 3.96. The summed E-state index contributed by atoms with van der Waals surface area (Å²) in [6, 6.07) is 6.71. The van der Waals surface area contributed by atoms with Crippen molar-refractivity contribution < 1.29 is 14.8 Å². The van der Waals surface area contributed by atoms with Crippen molar-refractivity contribution in [2.24, 2.45) is 0 Å². The number of para-hydroxylation sites is 1. The Hall–Kier alpha value is -1.50. The molecule has 0 heterocycles. The molecule has 18 heavy (non-hydrogen) atoms. The number of hydrogen-bond donors (Lipinski definition) is 1. The maximum atomic E-state index is 10.8. The molecule has 0 aliphatic heterocycles. The zero-order chi connectivity index (χ0) is 13.4. The lowest BCUT2D eigenvalue weighted by Gasteiger charge is -2.16. The normalized spacial score (nSPS) is 10.8. The summed E-state index contributed by atoms with van der Waals surface area (Å²) in [6.45, 7) is 1.98. The van der Waals surface area contributed by atoms with E-state index in [4.69, 9.17) is 9.84 Å². The number of nitrogens with zero attached hydrogens (tertiary/aromatic N) is 2. The Balaban J connectivity index is 2.48. The Labute approximate surface area is 106 Å². The van der Waals surface area contributed by atoms with Gasteiger partial charge in [-0.2, -0.15) is 0 Å². The second kappa shape index (κ2) is 7.75. The lowest BCUT2D eigenvalue weighted by Crippen LogP contribution is -2.23. The van der Waals surface area contributed by atoms with Gasteiger partial charge in [0.2, 0.25) is 0 Å². The molecule has 0 radical (unpaired) electrons. The quantitative estimate of drug-likeness (QED) is 0.426. The van der Waals surface area contributed by atoms with Crippen LogP contribution in [0.4, 0.5) is 5.69 Å². The molecule has 0 saturated carbocycles. The van der Waals surface area contributed by atoms with Crippen LogP contribution in [-0.2, 0) is 11.3 Å². The van der Waals surface area contributed by atoms with Crippen LogP contribution in [0.2, 0.25) is 0 Å². The number of ether oxygens (including phenoxy) is 1. The van der Waals surface area contributed by atoms with E-state index in [0.717, 1.165) is 0 Å². The van der Waals surface area contributed by atoms with Gasteiger partial charge in [0.05, 0.1) is 24.7 Å². The number of aliphatic hydroxyl groups is 1. The van der Waals surface area contributed by atoms with Gasteiger partial charge >= 0.3 is 0 Å². The van der Waals surface area contributed by atoms with Gasteiger partial charge < -0.3 is 9.84 Å². The fourth-order valence-corrected chi connectivity index (χ4v) is 1.58. The van der Waals surface area contributed by atoms with Crippen LogP contribution in [0.3, 0.4) is 0 Å². The summed E-state index contributed by atoms with van der Waals surface area (Å²) in [7, 11) is 1.87. The third-order valence-electron chi connectivity index (χ3n) is 2.48. The van der Waals surface area contributed by atoms with Gasteiger partial charge in [0.25, 0.3) is 5.69 Å². The van der Waals surface area contributed by atoms with E-state index < -0.39 is 0 Å². The van der Waals surface area contributed by atoms with E-state index in [1.165, 1.54) is 6.07 Å². The molecule has 0 unspecified atom stereocenters. The Morgan fingerprint density at radius 1 is 1.39 bits per heavy atom. The van der Waals surface area contributed by atoms with Crippen molar-refractivity contribution in [1.29, 1.82) is 0 Å². The number of rotatable bonds is 8. The van der Waals surface area contributed by atoms with Crippen LogP contribution in [0.5, 0.6) is 0 Å². The van der Waals surface area contributed by atoms with Crippen molar-refractivity contribution in [3.8, 4) is 0 Å². The van der Waals surface area contributed by atoms with Crippen LogP contribution in [-0.4, -0.2) is 48.3 Å². The lowest BCUT2D eigenvalue weighted by atomic mass is 10.1. The number of hydrogen-bond acceptors (Lipinski definition) is 5. The summed E-state index contributed by atoms with van der Waals surface area (Å²) < 4.78 is 5.14. The van der Waals surface area contributed by atoms with E-state index in [1.54, 1.807) is 18.2 Å². The predicted octanol–water partition coefficient (Wildman–Crippen LogP) is 1.04. The molecule has 0 bridgehead atoms. The van der Waals surface area contributed by atoms with Gasteiger partial charge in [-0.15, -0.1) is 0 Å². The smallest absolute Gasteiger partial charge is 0.273 e. The average molecular weight is 254 g/mol. The number of likely N-dealkylation sites (N-methyl/N-ethyl adjacent to an activating group) is 1. The van der Waals surface area contributed by atoms with Crippen LogP contribution in [0.1, 0.15) is 5.56 Å². The number of benzene rings is 1. The van der Waals surface area contributed by atoms with Gasteiger partial charge in [-0.1, -0.05) is 18.2 Å². The monoisotopic (exact) mass is 254 g/mol. The molecule has 0 amide bonds. The molecule has 6 heteroatoms. The second-order valence-corrected chi connectivity index (χ2v) is 3.96. The third kappa shape index (κ3) is 4.79. The SMILES string of the molecule is CN(CCOCCO)Cc1ccccc1[N+](=O)[O-]. The highest BCUT2D eigenvalue weighted by atomic mass is 16.6. The summed E-state index contributed by atoms with van der Waals surface area (Å²) in [5.74, 6) is 0. The first kappa shape index (κ1) is 14.6. The van der Waals surface area contributed by atoms with Crippen LogP contribution in [0.15, 0.2) is 24.3 Å². The highest BCUT2D eigenvalue weighted by Crippen LogP contribution is 2.18. The topological polar surface area (TPSA) is 75.8 Å². The fourth-order valence-electron chi connectivity index (χ4n) is 1.58. The maximum absolute atomic E-state index is 10.8. The fraction of sp³-hybridized carbons (Fsp3) is 0.500. The van der Waals surface area contributed by atoms with Crippen LogP contribution < -0.4 is 0 Å². The minimum atomic E-state index is -0.370. The molecule has 1 rings (SSSR count). The van der Waals surface area contributed by atoms with Crippen molar-refractivity contribution in [1.82, 2.24) is 4.90 Å². The molecule has 100 valence electrons. The summed E-state index contributed by atoms with van der Waals surface area (Å²) in [4.78, 5) is 12.4. The van der Waals surface area contributed by atoms with E-state index in [-0.39, 0.29) is 17.2 Å². The first-order valence-electron chi connectivity index (χ1n) is 5.74. The zero-order valence-electron chi connectivity index (χ0n) is 10.4. The minimum absolute atomic E-state index is 0.00781. The molecule has 0 spiro atoms. The predicted molar refractivity (Wildman–Crippen MR) is 67.3 cm³/mol. The Morgan fingerprint density at radius 2 is 2.11 bits per heavy atom. The third-order valence-corrected chi connectivity index (χ3v) is 2.48. The van der Waals surface area contributed by atoms with Gasteiger partial charge in [0, 0.05) is 24.7 Å². The maximum Gasteiger partial charge on any atom is 0.273 e. The molecular formula is C12H18N2O4. The van der Waals surface area contributed by atoms with Crippen LogP contribution in [0, 0.1) is 10.1 Å². The van der Waals surface area contributed by atoms with Crippen LogP contribution in [0.25, 0.3) is 0 Å². The Kier molecular flexibility index (Phi) is 6.27. The van der Waals surface area contributed by atoms with E-state index in [2.05, 4.69) is 0 Å². The molecular weight excluding hydrogens is 236 g/mol. The molecule has 0 fully saturated rings. The molecule has 0 saturated heterocycles. The molecule has 0 atom stereocenters. The van der Waals surface area contributed by atoms with Crippen molar-refractivity contribution in [2.75, 3.05) is 33.4 Å². The number of nitro benzene ring substituents is 1. The first-order chi connectivity index (χ1) is 8.65. The summed E-state index contributed by atoms with van der Waals surface area (Å²) in [5.41, 5.74) is 0.827. The first-order valence-corrected chi connectivity index (χ1v) is 5.74. The molecule has 0 aromatic heterocycles. The molecule has 1 aromatic rings. The van der Waals surface area contributed by atoms with Gasteiger partial charge in [0.15, 0.2) is 0 Å². The van der Waals surface area contributed by atoms with E-state index in [0.29, 0.717) is 31.9 Å². The Morgan fingerprint density at radius 3 is 2.78 bits per heavy atom. The standard InChI is InChI=1S/C12H18N2O4/c1-13(6-8-18-9-7-15)10-11-4-2-3-5-12(11)14(16)17/h2-5,15H,6-10H2,1H3. The van der Waals surface area contributed by atoms with E-state index in [1.807, 2.05) is 11.9 Å². The highest BCUT2D eigenvalue weighted by molar-refractivity contribution is 5.39.